The first-order valence-corrected chi connectivity index (χ1v) is 12.0. The van der Waals surface area contributed by atoms with Crippen molar-refractivity contribution in [1.29, 1.82) is 0 Å². The molecule has 36 heavy (non-hydrogen) atoms. The normalized spacial score (nSPS) is 11.6. The van der Waals surface area contributed by atoms with Crippen LogP contribution in [0.4, 0.5) is 4.39 Å². The predicted octanol–water partition coefficient (Wildman–Crippen LogP) is 5.13. The van der Waals surface area contributed by atoms with Crippen molar-refractivity contribution in [3.05, 3.63) is 114 Å². The first-order valence-electron chi connectivity index (χ1n) is 12.0. The molecule has 6 heteroatoms. The lowest BCUT2D eigenvalue weighted by Gasteiger charge is -2.31. The third kappa shape index (κ3) is 6.08. The van der Waals surface area contributed by atoms with Gasteiger partial charge in [0.1, 0.15) is 17.6 Å². The summed E-state index contributed by atoms with van der Waals surface area (Å²) in [6.45, 7) is 1.90. The van der Waals surface area contributed by atoms with Crippen molar-refractivity contribution < 1.29 is 18.7 Å². The predicted molar refractivity (Wildman–Crippen MR) is 139 cm³/mol. The van der Waals surface area contributed by atoms with E-state index in [1.54, 1.807) is 18.2 Å². The van der Waals surface area contributed by atoms with E-state index >= 15 is 0 Å². The Morgan fingerprint density at radius 2 is 1.58 bits per heavy atom. The van der Waals surface area contributed by atoms with Crippen LogP contribution in [0.5, 0.6) is 5.75 Å². The number of halogens is 1. The summed E-state index contributed by atoms with van der Waals surface area (Å²) in [4.78, 5) is 28.2. The molecule has 184 valence electrons. The number of carbonyl (C=O) groups is 2. The SMILES string of the molecule is CCNC(=O)C(Cc1ccccc1)N(Cc1ccccc1F)C(=O)COc1cccc2ccccc12. The molecule has 1 N–H and O–H groups in total. The molecule has 0 aromatic heterocycles. The van der Waals surface area contributed by atoms with Gasteiger partial charge in [-0.1, -0.05) is 84.9 Å². The minimum Gasteiger partial charge on any atom is -0.483 e. The van der Waals surface area contributed by atoms with Crippen molar-refractivity contribution in [3.8, 4) is 5.75 Å². The number of nitrogens with zero attached hydrogens (tertiary/aromatic N) is 1. The molecular formula is C30H29FN2O3. The highest BCUT2D eigenvalue weighted by atomic mass is 19.1. The lowest BCUT2D eigenvalue weighted by molar-refractivity contribution is -0.142. The fourth-order valence-electron chi connectivity index (χ4n) is 4.20. The average molecular weight is 485 g/mol. The van der Waals surface area contributed by atoms with Gasteiger partial charge in [0.15, 0.2) is 6.61 Å². The van der Waals surface area contributed by atoms with Gasteiger partial charge in [0.05, 0.1) is 0 Å². The number of fused-ring (bicyclic) bond motifs is 1. The number of amides is 2. The molecular weight excluding hydrogens is 455 g/mol. The van der Waals surface area contributed by atoms with Crippen molar-refractivity contribution >= 4 is 22.6 Å². The summed E-state index contributed by atoms with van der Waals surface area (Å²) in [5.41, 5.74) is 1.23. The number of ether oxygens (including phenoxy) is 1. The lowest BCUT2D eigenvalue weighted by Crippen LogP contribution is -2.51. The highest BCUT2D eigenvalue weighted by Gasteiger charge is 2.31. The molecule has 4 rings (SSSR count). The molecule has 1 unspecified atom stereocenters. The zero-order chi connectivity index (χ0) is 25.3. The fraction of sp³-hybridized carbons (Fsp3) is 0.200. The molecule has 0 saturated carbocycles. The fourth-order valence-corrected chi connectivity index (χ4v) is 4.20. The molecule has 5 nitrogen and oxygen atoms in total. The molecule has 4 aromatic rings. The molecule has 0 aliphatic heterocycles. The van der Waals surface area contributed by atoms with E-state index in [0.717, 1.165) is 16.3 Å². The van der Waals surface area contributed by atoms with Crippen molar-refractivity contribution in [2.75, 3.05) is 13.2 Å². The molecule has 0 bridgehead atoms. The summed E-state index contributed by atoms with van der Waals surface area (Å²) < 4.78 is 20.6. The second-order valence-electron chi connectivity index (χ2n) is 8.48. The van der Waals surface area contributed by atoms with Crippen LogP contribution >= 0.6 is 0 Å². The average Bonchev–Trinajstić information content (AvgIpc) is 2.91. The van der Waals surface area contributed by atoms with Gasteiger partial charge in [0.25, 0.3) is 5.91 Å². The van der Waals surface area contributed by atoms with Crippen LogP contribution in [0.15, 0.2) is 97.1 Å². The van der Waals surface area contributed by atoms with E-state index in [-0.39, 0.29) is 19.1 Å². The van der Waals surface area contributed by atoms with Gasteiger partial charge in [-0.25, -0.2) is 4.39 Å². The van der Waals surface area contributed by atoms with Crippen LogP contribution in [0.2, 0.25) is 0 Å². The Morgan fingerprint density at radius 1 is 0.889 bits per heavy atom. The summed E-state index contributed by atoms with van der Waals surface area (Å²) in [6.07, 6.45) is 0.293. The molecule has 0 spiro atoms. The highest BCUT2D eigenvalue weighted by Crippen LogP contribution is 2.25. The van der Waals surface area contributed by atoms with Crippen LogP contribution in [-0.2, 0) is 22.6 Å². The van der Waals surface area contributed by atoms with Crippen molar-refractivity contribution in [3.63, 3.8) is 0 Å². The van der Waals surface area contributed by atoms with Gasteiger partial charge in [-0.15, -0.1) is 0 Å². The summed E-state index contributed by atoms with van der Waals surface area (Å²) in [6, 6.07) is 28.3. The number of rotatable bonds is 10. The van der Waals surface area contributed by atoms with E-state index in [9.17, 15) is 14.0 Å². The van der Waals surface area contributed by atoms with Gasteiger partial charge in [0.2, 0.25) is 5.91 Å². The van der Waals surface area contributed by atoms with Gasteiger partial charge in [-0.2, -0.15) is 0 Å². The van der Waals surface area contributed by atoms with Crippen LogP contribution in [0.3, 0.4) is 0 Å². The molecule has 1 atom stereocenters. The Morgan fingerprint density at radius 3 is 2.36 bits per heavy atom. The van der Waals surface area contributed by atoms with Crippen LogP contribution in [-0.4, -0.2) is 35.9 Å². The number of likely N-dealkylation sites (N-methyl/N-ethyl adjacent to an activating group) is 1. The smallest absolute Gasteiger partial charge is 0.261 e. The van der Waals surface area contributed by atoms with Crippen molar-refractivity contribution in [2.24, 2.45) is 0 Å². The molecule has 0 aliphatic rings. The molecule has 0 aliphatic carbocycles. The van der Waals surface area contributed by atoms with Crippen LogP contribution in [0.1, 0.15) is 18.1 Å². The maximum atomic E-state index is 14.6. The quantitative estimate of drug-likeness (QED) is 0.339. The Labute approximate surface area is 210 Å². The summed E-state index contributed by atoms with van der Waals surface area (Å²) in [7, 11) is 0. The third-order valence-corrected chi connectivity index (χ3v) is 6.02. The highest BCUT2D eigenvalue weighted by molar-refractivity contribution is 5.90. The first-order chi connectivity index (χ1) is 17.6. The van der Waals surface area contributed by atoms with Crippen molar-refractivity contribution in [2.45, 2.75) is 25.9 Å². The largest absolute Gasteiger partial charge is 0.483 e. The Hall–Kier alpha value is -4.19. The first kappa shape index (κ1) is 24.9. The second-order valence-corrected chi connectivity index (χ2v) is 8.48. The van der Waals surface area contributed by atoms with Gasteiger partial charge < -0.3 is 15.0 Å². The Kier molecular flexibility index (Phi) is 8.29. The van der Waals surface area contributed by atoms with Gasteiger partial charge in [-0.05, 0) is 30.0 Å². The van der Waals surface area contributed by atoms with E-state index in [1.807, 2.05) is 79.7 Å². The monoisotopic (exact) mass is 484 g/mol. The standard InChI is InChI=1S/C30H29FN2O3/c1-2-32-30(35)27(19-22-11-4-3-5-12-22)33(20-24-14-7-9-17-26(24)31)29(34)21-36-28-18-10-15-23-13-6-8-16-25(23)28/h3-18,27H,2,19-21H2,1H3,(H,32,35). The molecule has 2 amide bonds. The van der Waals surface area contributed by atoms with Gasteiger partial charge in [-0.3, -0.25) is 9.59 Å². The topological polar surface area (TPSA) is 58.6 Å². The van der Waals surface area contributed by atoms with Crippen molar-refractivity contribution in [1.82, 2.24) is 10.2 Å². The lowest BCUT2D eigenvalue weighted by atomic mass is 10.0. The second kappa shape index (κ2) is 12.0. The van der Waals surface area contributed by atoms with E-state index in [0.29, 0.717) is 24.3 Å². The summed E-state index contributed by atoms with van der Waals surface area (Å²) in [5.74, 6) is -0.556. The summed E-state index contributed by atoms with van der Waals surface area (Å²) >= 11 is 0. The number of nitrogens with one attached hydrogen (secondary N) is 1. The molecule has 0 heterocycles. The van der Waals surface area contributed by atoms with E-state index in [1.165, 1.54) is 11.0 Å². The molecule has 0 saturated heterocycles. The molecule has 0 fully saturated rings. The minimum absolute atomic E-state index is 0.0565. The van der Waals surface area contributed by atoms with Crippen LogP contribution < -0.4 is 10.1 Å². The van der Waals surface area contributed by atoms with Gasteiger partial charge in [0, 0.05) is 30.5 Å². The zero-order valence-corrected chi connectivity index (χ0v) is 20.2. The maximum Gasteiger partial charge on any atom is 0.261 e. The molecule has 4 aromatic carbocycles. The van der Waals surface area contributed by atoms with Gasteiger partial charge >= 0.3 is 0 Å². The van der Waals surface area contributed by atoms with E-state index in [2.05, 4.69) is 5.32 Å². The number of hydrogen-bond acceptors (Lipinski definition) is 3. The summed E-state index contributed by atoms with van der Waals surface area (Å²) in [5, 5.41) is 4.71. The minimum atomic E-state index is -0.837. The maximum absolute atomic E-state index is 14.6. The third-order valence-electron chi connectivity index (χ3n) is 6.02. The number of carbonyl (C=O) groups excluding carboxylic acids is 2. The van der Waals surface area contributed by atoms with E-state index in [4.69, 9.17) is 4.74 Å². The van der Waals surface area contributed by atoms with Crippen LogP contribution in [0.25, 0.3) is 10.8 Å². The van der Waals surface area contributed by atoms with E-state index < -0.39 is 17.8 Å². The number of hydrogen-bond donors (Lipinski definition) is 1. The Bertz CT molecular complexity index is 1320. The molecule has 0 radical (unpaired) electrons. The number of benzene rings is 4. The zero-order valence-electron chi connectivity index (χ0n) is 20.2. The Balaban J connectivity index is 1.64. The van der Waals surface area contributed by atoms with Crippen LogP contribution in [0, 0.1) is 5.82 Å².